The molecular weight excluding hydrogens is 242 g/mol. The van der Waals surface area contributed by atoms with Gasteiger partial charge in [-0.2, -0.15) is 0 Å². The maximum absolute atomic E-state index is 12.2. The van der Waals surface area contributed by atoms with Gasteiger partial charge in [-0.15, -0.1) is 0 Å². The van der Waals surface area contributed by atoms with E-state index in [0.717, 1.165) is 42.5 Å². The Morgan fingerprint density at radius 2 is 2.16 bits per heavy atom. The van der Waals surface area contributed by atoms with Crippen LogP contribution in [0.4, 0.5) is 0 Å². The lowest BCUT2D eigenvalue weighted by Gasteiger charge is -2.15. The molecule has 1 N–H and O–H groups in total. The Kier molecular flexibility index (Phi) is 3.21. The largest absolute Gasteiger partial charge is 0.392 e. The highest BCUT2D eigenvalue weighted by Crippen LogP contribution is 2.20. The number of hydrogen-bond acceptors (Lipinski definition) is 3. The summed E-state index contributed by atoms with van der Waals surface area (Å²) in [6, 6.07) is 3.76. The van der Waals surface area contributed by atoms with Crippen molar-refractivity contribution in [3.05, 3.63) is 30.1 Å². The molecule has 1 fully saturated rings. The Hall–Kier alpha value is -1.88. The minimum absolute atomic E-state index is 0.0346. The van der Waals surface area contributed by atoms with Gasteiger partial charge < -0.3 is 14.6 Å². The van der Waals surface area contributed by atoms with Gasteiger partial charge >= 0.3 is 0 Å². The molecule has 0 aromatic carbocycles. The summed E-state index contributed by atoms with van der Waals surface area (Å²) in [6.45, 7) is 1.98. The third kappa shape index (κ3) is 2.21. The molecule has 0 saturated carbocycles. The number of aliphatic hydroxyl groups excluding tert-OH is 1. The molecule has 2 aromatic heterocycles. The van der Waals surface area contributed by atoms with Crippen molar-refractivity contribution >= 4 is 16.9 Å². The summed E-state index contributed by atoms with van der Waals surface area (Å²) in [5.41, 5.74) is 1.58. The molecule has 1 saturated heterocycles. The molecule has 19 heavy (non-hydrogen) atoms. The molecule has 5 nitrogen and oxygen atoms in total. The Balaban J connectivity index is 1.90. The number of rotatable bonds is 3. The fraction of sp³-hybridized carbons (Fsp3) is 0.429. The third-order valence-corrected chi connectivity index (χ3v) is 3.65. The van der Waals surface area contributed by atoms with Gasteiger partial charge in [-0.1, -0.05) is 0 Å². The van der Waals surface area contributed by atoms with Gasteiger partial charge in [0.15, 0.2) is 0 Å². The fourth-order valence-corrected chi connectivity index (χ4v) is 2.65. The topological polar surface area (TPSA) is 58.4 Å². The minimum Gasteiger partial charge on any atom is -0.392 e. The molecule has 5 heteroatoms. The maximum atomic E-state index is 12.2. The zero-order chi connectivity index (χ0) is 13.2. The highest BCUT2D eigenvalue weighted by molar-refractivity contribution is 5.83. The van der Waals surface area contributed by atoms with Gasteiger partial charge in [0.1, 0.15) is 12.2 Å². The van der Waals surface area contributed by atoms with E-state index in [1.54, 1.807) is 6.20 Å². The molecule has 0 unspecified atom stereocenters. The molecule has 2 aromatic rings. The van der Waals surface area contributed by atoms with Crippen LogP contribution < -0.4 is 0 Å². The highest BCUT2D eigenvalue weighted by Gasteiger charge is 2.19. The van der Waals surface area contributed by atoms with Crippen molar-refractivity contribution in [3.8, 4) is 0 Å². The van der Waals surface area contributed by atoms with Crippen LogP contribution in [0.15, 0.2) is 24.5 Å². The van der Waals surface area contributed by atoms with E-state index in [1.807, 2.05) is 27.8 Å². The van der Waals surface area contributed by atoms with Gasteiger partial charge in [-0.05, 0) is 25.0 Å². The van der Waals surface area contributed by atoms with E-state index in [4.69, 9.17) is 0 Å². The second-order valence-corrected chi connectivity index (χ2v) is 4.90. The molecule has 0 aliphatic carbocycles. The number of nitrogens with zero attached hydrogens (tertiary/aromatic N) is 3. The first kappa shape index (κ1) is 12.2. The summed E-state index contributed by atoms with van der Waals surface area (Å²) in [4.78, 5) is 18.4. The number of aromatic nitrogens is 2. The van der Waals surface area contributed by atoms with Crippen LogP contribution in [-0.4, -0.2) is 38.6 Å². The predicted molar refractivity (Wildman–Crippen MR) is 71.5 cm³/mol. The smallest absolute Gasteiger partial charge is 0.242 e. The van der Waals surface area contributed by atoms with Crippen LogP contribution in [0.25, 0.3) is 11.0 Å². The monoisotopic (exact) mass is 259 g/mol. The van der Waals surface area contributed by atoms with Crippen molar-refractivity contribution in [2.45, 2.75) is 26.0 Å². The van der Waals surface area contributed by atoms with Crippen LogP contribution in [0.5, 0.6) is 0 Å². The molecule has 100 valence electrons. The first-order valence-corrected chi connectivity index (χ1v) is 6.61. The second-order valence-electron chi connectivity index (χ2n) is 4.90. The van der Waals surface area contributed by atoms with E-state index in [-0.39, 0.29) is 12.5 Å². The van der Waals surface area contributed by atoms with E-state index < -0.39 is 0 Å². The molecule has 0 spiro atoms. The molecule has 1 aliphatic heterocycles. The van der Waals surface area contributed by atoms with E-state index >= 15 is 0 Å². The molecule has 1 amide bonds. The zero-order valence-corrected chi connectivity index (χ0v) is 10.7. The second kappa shape index (κ2) is 5.01. The number of carbonyl (C=O) groups excluding carboxylic acids is 1. The number of likely N-dealkylation sites (tertiary alicyclic amines) is 1. The van der Waals surface area contributed by atoms with Crippen molar-refractivity contribution < 1.29 is 9.90 Å². The van der Waals surface area contributed by atoms with E-state index in [9.17, 15) is 9.90 Å². The van der Waals surface area contributed by atoms with E-state index in [0.29, 0.717) is 6.54 Å². The molecule has 0 radical (unpaired) electrons. The quantitative estimate of drug-likeness (QED) is 0.899. The van der Waals surface area contributed by atoms with E-state index in [2.05, 4.69) is 4.98 Å². The van der Waals surface area contributed by atoms with Crippen molar-refractivity contribution in [1.82, 2.24) is 14.5 Å². The molecule has 3 heterocycles. The lowest BCUT2D eigenvalue weighted by atomic mass is 10.2. The van der Waals surface area contributed by atoms with Crippen LogP contribution in [0.1, 0.15) is 18.4 Å². The minimum atomic E-state index is -0.0346. The first-order chi connectivity index (χ1) is 9.29. The number of carbonyl (C=O) groups is 1. The molecular formula is C14H17N3O2. The van der Waals surface area contributed by atoms with E-state index in [1.165, 1.54) is 0 Å². The predicted octanol–water partition coefficient (Wildman–Crippen LogP) is 1.15. The average Bonchev–Trinajstić information content (AvgIpc) is 3.07. The number of amides is 1. The summed E-state index contributed by atoms with van der Waals surface area (Å²) in [7, 11) is 0. The number of fused-ring (bicyclic) bond motifs is 1. The number of aliphatic hydroxyl groups is 1. The number of hydrogen-bond donors (Lipinski definition) is 1. The Morgan fingerprint density at radius 1 is 1.37 bits per heavy atom. The van der Waals surface area contributed by atoms with Gasteiger partial charge in [0.2, 0.25) is 5.91 Å². The molecule has 3 rings (SSSR count). The lowest BCUT2D eigenvalue weighted by molar-refractivity contribution is -0.130. The molecule has 0 atom stereocenters. The first-order valence-electron chi connectivity index (χ1n) is 6.61. The lowest BCUT2D eigenvalue weighted by Crippen LogP contribution is -2.30. The number of pyridine rings is 1. The standard InChI is InChI=1S/C14H17N3O2/c18-10-11-8-17(14-12(11)4-3-5-15-14)9-13(19)16-6-1-2-7-16/h3-5,8,18H,1-2,6-7,9-10H2. The Morgan fingerprint density at radius 3 is 2.89 bits per heavy atom. The van der Waals surface area contributed by atoms with Gasteiger partial charge in [-0.25, -0.2) is 4.98 Å². The SMILES string of the molecule is O=C(Cn1cc(CO)c2cccnc21)N1CCCC1. The summed E-state index contributed by atoms with van der Waals surface area (Å²) in [5.74, 6) is 0.129. The van der Waals surface area contributed by atoms with Crippen LogP contribution in [0, 0.1) is 0 Å². The van der Waals surface area contributed by atoms with Crippen LogP contribution >= 0.6 is 0 Å². The van der Waals surface area contributed by atoms with Gasteiger partial charge in [0.05, 0.1) is 6.61 Å². The Bertz CT molecular complexity index is 600. The van der Waals surface area contributed by atoms with Crippen molar-refractivity contribution in [2.75, 3.05) is 13.1 Å². The maximum Gasteiger partial charge on any atom is 0.242 e. The van der Waals surface area contributed by atoms with Crippen LogP contribution in [0.2, 0.25) is 0 Å². The zero-order valence-electron chi connectivity index (χ0n) is 10.7. The average molecular weight is 259 g/mol. The normalized spacial score (nSPS) is 15.3. The fourth-order valence-electron chi connectivity index (χ4n) is 2.65. The summed E-state index contributed by atoms with van der Waals surface area (Å²) in [6.07, 6.45) is 5.72. The third-order valence-electron chi connectivity index (χ3n) is 3.65. The van der Waals surface area contributed by atoms with Gasteiger partial charge in [0.25, 0.3) is 0 Å². The van der Waals surface area contributed by atoms with Crippen molar-refractivity contribution in [2.24, 2.45) is 0 Å². The van der Waals surface area contributed by atoms with Gasteiger partial charge in [-0.3, -0.25) is 4.79 Å². The highest BCUT2D eigenvalue weighted by atomic mass is 16.3. The molecule has 0 bridgehead atoms. The Labute approximate surface area is 111 Å². The molecule has 1 aliphatic rings. The summed E-state index contributed by atoms with van der Waals surface area (Å²) >= 11 is 0. The van der Waals surface area contributed by atoms with Crippen molar-refractivity contribution in [1.29, 1.82) is 0 Å². The van der Waals surface area contributed by atoms with Crippen molar-refractivity contribution in [3.63, 3.8) is 0 Å². The van der Waals surface area contributed by atoms with Crippen LogP contribution in [-0.2, 0) is 17.9 Å². The van der Waals surface area contributed by atoms with Gasteiger partial charge in [0, 0.05) is 36.4 Å². The van der Waals surface area contributed by atoms with Crippen LogP contribution in [0.3, 0.4) is 0 Å². The summed E-state index contributed by atoms with van der Waals surface area (Å²) in [5, 5.41) is 10.3. The summed E-state index contributed by atoms with van der Waals surface area (Å²) < 4.78 is 1.83.